The molecule has 1 unspecified atom stereocenters. The molecule has 0 aliphatic heterocycles. The Morgan fingerprint density at radius 3 is 2.08 bits per heavy atom. The summed E-state index contributed by atoms with van der Waals surface area (Å²) in [4.78, 5) is 16.9. The molecule has 3 aromatic carbocycles. The van der Waals surface area contributed by atoms with Crippen LogP contribution in [0.4, 0.5) is 0 Å². The minimum atomic E-state index is -0.129. The van der Waals surface area contributed by atoms with Crippen LogP contribution in [0.25, 0.3) is 11.0 Å². The Morgan fingerprint density at radius 1 is 0.816 bits per heavy atom. The van der Waals surface area contributed by atoms with Gasteiger partial charge in [0.05, 0.1) is 30.0 Å². The van der Waals surface area contributed by atoms with Gasteiger partial charge in [-0.25, -0.2) is 0 Å². The van der Waals surface area contributed by atoms with E-state index in [1.165, 1.54) is 16.7 Å². The molecule has 0 aliphatic carbocycles. The molecule has 1 amide bonds. The summed E-state index contributed by atoms with van der Waals surface area (Å²) in [6.45, 7) is 5.19. The van der Waals surface area contributed by atoms with Crippen molar-refractivity contribution >= 4 is 16.9 Å². The van der Waals surface area contributed by atoms with E-state index < -0.39 is 0 Å². The molecule has 0 bridgehead atoms. The topological polar surface area (TPSA) is 75.7 Å². The molecule has 5 aromatic rings. The van der Waals surface area contributed by atoms with Crippen LogP contribution in [0.3, 0.4) is 0 Å². The molecule has 0 radical (unpaired) electrons. The molecule has 2 N–H and O–H groups in total. The number of carbonyl (C=O) groups excluding carboxylic acids is 1. The second-order valence-electron chi connectivity index (χ2n) is 9.93. The van der Waals surface area contributed by atoms with Gasteiger partial charge < -0.3 is 14.5 Å². The highest BCUT2D eigenvalue weighted by Crippen LogP contribution is 2.22. The van der Waals surface area contributed by atoms with Crippen LogP contribution < -0.4 is 10.9 Å². The highest BCUT2D eigenvalue weighted by Gasteiger charge is 2.20. The maximum Gasteiger partial charge on any atom is 0.224 e. The van der Waals surface area contributed by atoms with Gasteiger partial charge >= 0.3 is 0 Å². The van der Waals surface area contributed by atoms with Gasteiger partial charge in [-0.1, -0.05) is 71.8 Å². The number of aromatic nitrogens is 3. The quantitative estimate of drug-likeness (QED) is 0.293. The van der Waals surface area contributed by atoms with E-state index in [1.54, 1.807) is 12.4 Å². The number of fused-ring (bicyclic) bond motifs is 1. The molecular formula is C32H33N5O. The smallest absolute Gasteiger partial charge is 0.224 e. The zero-order valence-electron chi connectivity index (χ0n) is 21.9. The van der Waals surface area contributed by atoms with Crippen molar-refractivity contribution in [1.29, 1.82) is 5.41 Å². The van der Waals surface area contributed by atoms with Crippen LogP contribution in [0, 0.1) is 19.3 Å². The van der Waals surface area contributed by atoms with Crippen LogP contribution in [0.5, 0.6) is 0 Å². The van der Waals surface area contributed by atoms with Crippen molar-refractivity contribution in [3.8, 4) is 0 Å². The number of pyridine rings is 1. The number of nitrogens with zero attached hydrogens (tertiary/aromatic N) is 3. The SMILES string of the molecule is Cc1ccc(CC(CNC(=O)Cc2ccncc2)n2c(=N)n(Cc3ccc(C)cc3)c3ccccc32)cc1. The summed E-state index contributed by atoms with van der Waals surface area (Å²) >= 11 is 0. The van der Waals surface area contributed by atoms with E-state index in [9.17, 15) is 10.2 Å². The fourth-order valence-electron chi connectivity index (χ4n) is 4.89. The molecule has 38 heavy (non-hydrogen) atoms. The molecule has 1 atom stereocenters. The zero-order valence-corrected chi connectivity index (χ0v) is 21.9. The Balaban J connectivity index is 1.49. The van der Waals surface area contributed by atoms with Crippen molar-refractivity contribution in [2.75, 3.05) is 6.54 Å². The number of amides is 1. The van der Waals surface area contributed by atoms with Crippen molar-refractivity contribution in [2.24, 2.45) is 0 Å². The van der Waals surface area contributed by atoms with Crippen molar-refractivity contribution < 1.29 is 4.79 Å². The van der Waals surface area contributed by atoms with Crippen LogP contribution >= 0.6 is 0 Å². The highest BCUT2D eigenvalue weighted by molar-refractivity contribution is 5.79. The number of aryl methyl sites for hydroxylation is 2. The van der Waals surface area contributed by atoms with Crippen molar-refractivity contribution in [2.45, 2.75) is 39.3 Å². The Bertz CT molecular complexity index is 1580. The monoisotopic (exact) mass is 503 g/mol. The molecule has 5 rings (SSSR count). The minimum absolute atomic E-state index is 0.0411. The molecule has 6 nitrogen and oxygen atoms in total. The number of nitrogens with one attached hydrogen (secondary N) is 2. The highest BCUT2D eigenvalue weighted by atomic mass is 16.1. The first kappa shape index (κ1) is 25.2. The molecule has 192 valence electrons. The number of imidazole rings is 1. The summed E-state index contributed by atoms with van der Waals surface area (Å²) in [5.41, 5.74) is 8.10. The average Bonchev–Trinajstić information content (AvgIpc) is 3.20. The maximum absolute atomic E-state index is 12.9. The van der Waals surface area contributed by atoms with E-state index in [0.29, 0.717) is 31.5 Å². The number of hydrogen-bond donors (Lipinski definition) is 2. The average molecular weight is 504 g/mol. The summed E-state index contributed by atoms with van der Waals surface area (Å²) < 4.78 is 4.14. The van der Waals surface area contributed by atoms with E-state index in [1.807, 2.05) is 24.3 Å². The van der Waals surface area contributed by atoms with Crippen LogP contribution in [-0.2, 0) is 24.2 Å². The van der Waals surface area contributed by atoms with Gasteiger partial charge in [0.15, 0.2) is 0 Å². The first-order valence-corrected chi connectivity index (χ1v) is 13.0. The second kappa shape index (κ2) is 11.3. The van der Waals surface area contributed by atoms with E-state index in [-0.39, 0.29) is 11.9 Å². The first-order valence-electron chi connectivity index (χ1n) is 13.0. The molecule has 0 fully saturated rings. The Labute approximate surface area is 223 Å². The van der Waals surface area contributed by atoms with Crippen molar-refractivity contribution in [3.05, 3.63) is 131 Å². The zero-order chi connectivity index (χ0) is 26.5. The third-order valence-electron chi connectivity index (χ3n) is 6.98. The number of hydrogen-bond acceptors (Lipinski definition) is 3. The fraction of sp³-hybridized carbons (Fsp3) is 0.219. The lowest BCUT2D eigenvalue weighted by molar-refractivity contribution is -0.120. The second-order valence-corrected chi connectivity index (χ2v) is 9.93. The third kappa shape index (κ3) is 5.75. The molecule has 0 saturated heterocycles. The van der Waals surface area contributed by atoms with E-state index in [2.05, 4.69) is 93.9 Å². The molecule has 6 heteroatoms. The van der Waals surface area contributed by atoms with Crippen molar-refractivity contribution in [1.82, 2.24) is 19.4 Å². The van der Waals surface area contributed by atoms with Gasteiger partial charge in [-0.2, -0.15) is 0 Å². The first-order chi connectivity index (χ1) is 18.5. The normalized spacial score (nSPS) is 11.9. The number of benzene rings is 3. The fourth-order valence-corrected chi connectivity index (χ4v) is 4.89. The lowest BCUT2D eigenvalue weighted by Gasteiger charge is -2.21. The summed E-state index contributed by atoms with van der Waals surface area (Å²) in [5, 5.41) is 12.4. The lowest BCUT2D eigenvalue weighted by Crippen LogP contribution is -2.37. The number of para-hydroxylation sites is 2. The predicted molar refractivity (Wildman–Crippen MR) is 151 cm³/mol. The van der Waals surface area contributed by atoms with E-state index in [0.717, 1.165) is 22.2 Å². The van der Waals surface area contributed by atoms with Crippen molar-refractivity contribution in [3.63, 3.8) is 0 Å². The standard InChI is InChI=1S/C32H33N5O/c1-23-7-11-25(12-8-23)19-28(21-35-31(38)20-26-15-17-34-18-16-26)37-30-6-4-3-5-29(30)36(32(37)33)22-27-13-9-24(2)10-14-27/h3-18,28,33H,19-22H2,1-2H3,(H,35,38). The molecular weight excluding hydrogens is 470 g/mol. The van der Waals surface area contributed by atoms with Crippen LogP contribution in [0.15, 0.2) is 97.3 Å². The molecule has 0 aliphatic rings. The van der Waals surface area contributed by atoms with Crippen LogP contribution in [0.2, 0.25) is 0 Å². The summed E-state index contributed by atoms with van der Waals surface area (Å²) in [6.07, 6.45) is 4.40. The number of rotatable bonds is 9. The molecule has 0 saturated carbocycles. The molecule has 0 spiro atoms. The van der Waals surface area contributed by atoms with Crippen LogP contribution in [0.1, 0.15) is 33.9 Å². The predicted octanol–water partition coefficient (Wildman–Crippen LogP) is 5.13. The van der Waals surface area contributed by atoms with Gasteiger partial charge in [0.1, 0.15) is 0 Å². The summed E-state index contributed by atoms with van der Waals surface area (Å²) in [6, 6.07) is 28.7. The van der Waals surface area contributed by atoms with E-state index >= 15 is 0 Å². The molecule has 2 aromatic heterocycles. The Morgan fingerprint density at radius 2 is 1.42 bits per heavy atom. The van der Waals surface area contributed by atoms with Gasteiger partial charge in [-0.05, 0) is 61.2 Å². The van der Waals surface area contributed by atoms with Gasteiger partial charge in [0.2, 0.25) is 11.5 Å². The Hall–Kier alpha value is -4.45. The van der Waals surface area contributed by atoms with Gasteiger partial charge in [-0.15, -0.1) is 0 Å². The summed E-state index contributed by atoms with van der Waals surface area (Å²) in [5.74, 6) is -0.0411. The van der Waals surface area contributed by atoms with Gasteiger partial charge in [-0.3, -0.25) is 15.2 Å². The number of carbonyl (C=O) groups is 1. The van der Waals surface area contributed by atoms with Gasteiger partial charge in [0.25, 0.3) is 0 Å². The summed E-state index contributed by atoms with van der Waals surface area (Å²) in [7, 11) is 0. The van der Waals surface area contributed by atoms with Gasteiger partial charge in [0, 0.05) is 18.9 Å². The van der Waals surface area contributed by atoms with Crippen LogP contribution in [-0.4, -0.2) is 26.6 Å². The Kier molecular flexibility index (Phi) is 7.50. The maximum atomic E-state index is 12.9. The largest absolute Gasteiger partial charge is 0.354 e. The van der Waals surface area contributed by atoms with E-state index in [4.69, 9.17) is 0 Å². The molecule has 2 heterocycles. The third-order valence-corrected chi connectivity index (χ3v) is 6.98. The lowest BCUT2D eigenvalue weighted by atomic mass is 10.0. The minimum Gasteiger partial charge on any atom is -0.354 e.